The van der Waals surface area contributed by atoms with E-state index in [4.69, 9.17) is 5.11 Å². The molecule has 1 aliphatic heterocycles. The first kappa shape index (κ1) is 15.2. The summed E-state index contributed by atoms with van der Waals surface area (Å²) in [5, 5.41) is 8.94. The van der Waals surface area contributed by atoms with Crippen LogP contribution < -0.4 is 0 Å². The molecule has 1 atom stereocenters. The molecule has 0 radical (unpaired) electrons. The van der Waals surface area contributed by atoms with E-state index in [1.807, 2.05) is 0 Å². The van der Waals surface area contributed by atoms with Gasteiger partial charge >= 0.3 is 5.97 Å². The quantitative estimate of drug-likeness (QED) is 0.868. The summed E-state index contributed by atoms with van der Waals surface area (Å²) in [7, 11) is 0.965. The summed E-state index contributed by atoms with van der Waals surface area (Å²) >= 11 is 0. The Balaban J connectivity index is 1.88. The van der Waals surface area contributed by atoms with E-state index in [1.165, 1.54) is 12.1 Å². The molecular weight excluding hydrogens is 276 g/mol. The van der Waals surface area contributed by atoms with Crippen molar-refractivity contribution in [1.29, 1.82) is 0 Å². The van der Waals surface area contributed by atoms with Crippen molar-refractivity contribution in [1.82, 2.24) is 9.80 Å². The Hall–Kier alpha value is -1.24. The van der Waals surface area contributed by atoms with E-state index in [2.05, 4.69) is 16.8 Å². The van der Waals surface area contributed by atoms with Crippen molar-refractivity contribution in [3.63, 3.8) is 0 Å². The van der Waals surface area contributed by atoms with Gasteiger partial charge in [-0.1, -0.05) is 6.07 Å². The molecule has 1 saturated heterocycles. The predicted octanol–water partition coefficient (Wildman–Crippen LogP) is 0.740. The molecule has 6 heteroatoms. The number of hydrogen-bond donors (Lipinski definition) is 1. The van der Waals surface area contributed by atoms with Gasteiger partial charge in [-0.3, -0.25) is 9.11 Å². The van der Waals surface area contributed by atoms with Crippen LogP contribution in [0.4, 0.5) is 0 Å². The summed E-state index contributed by atoms with van der Waals surface area (Å²) in [6, 6.07) is 6.39. The van der Waals surface area contributed by atoms with Crippen LogP contribution in [-0.2, 0) is 10.8 Å². The Morgan fingerprint density at radius 2 is 2.00 bits per heavy atom. The first-order valence-corrected chi connectivity index (χ1v) is 8.01. The molecule has 0 amide bonds. The second kappa shape index (κ2) is 6.97. The van der Waals surface area contributed by atoms with E-state index in [0.29, 0.717) is 10.6 Å². The van der Waals surface area contributed by atoms with Gasteiger partial charge in [0.15, 0.2) is 0 Å². The third kappa shape index (κ3) is 4.13. The zero-order valence-electron chi connectivity index (χ0n) is 11.6. The van der Waals surface area contributed by atoms with Crippen molar-refractivity contribution in [2.24, 2.45) is 0 Å². The molecule has 20 heavy (non-hydrogen) atoms. The number of piperazine rings is 1. The van der Waals surface area contributed by atoms with Crippen LogP contribution in [0.25, 0.3) is 0 Å². The van der Waals surface area contributed by atoms with Gasteiger partial charge in [-0.05, 0) is 25.2 Å². The Kier molecular flexibility index (Phi) is 5.28. The summed E-state index contributed by atoms with van der Waals surface area (Å²) in [6.45, 7) is 4.88. The smallest absolute Gasteiger partial charge is 0.335 e. The Morgan fingerprint density at radius 1 is 1.30 bits per heavy atom. The standard InChI is InChI=1S/C14H20N2O3S/c1-15-5-7-16(8-6-15)9-10-20(19)13-4-2-3-12(11-13)14(17)18/h2-4,11H,5-10H2,1H3,(H,17,18). The third-order valence-electron chi connectivity index (χ3n) is 3.53. The van der Waals surface area contributed by atoms with Gasteiger partial charge in [-0.15, -0.1) is 0 Å². The lowest BCUT2D eigenvalue weighted by Gasteiger charge is -2.32. The minimum absolute atomic E-state index is 0.190. The molecule has 0 saturated carbocycles. The number of benzene rings is 1. The number of rotatable bonds is 5. The summed E-state index contributed by atoms with van der Waals surface area (Å²) in [6.07, 6.45) is 0. The fourth-order valence-electron chi connectivity index (χ4n) is 2.17. The van der Waals surface area contributed by atoms with Gasteiger partial charge < -0.3 is 10.0 Å². The number of carboxylic acids is 1. The highest BCUT2D eigenvalue weighted by Crippen LogP contribution is 2.11. The molecule has 1 aromatic rings. The van der Waals surface area contributed by atoms with Gasteiger partial charge in [0.25, 0.3) is 0 Å². The molecule has 5 nitrogen and oxygen atoms in total. The molecule has 1 aliphatic rings. The first-order chi connectivity index (χ1) is 9.56. The van der Waals surface area contributed by atoms with E-state index >= 15 is 0 Å². The molecule has 0 aromatic heterocycles. The van der Waals surface area contributed by atoms with E-state index in [0.717, 1.165) is 32.7 Å². The van der Waals surface area contributed by atoms with Crippen LogP contribution in [0.1, 0.15) is 10.4 Å². The lowest BCUT2D eigenvalue weighted by Crippen LogP contribution is -2.45. The van der Waals surface area contributed by atoms with Crippen LogP contribution in [-0.4, -0.2) is 70.6 Å². The van der Waals surface area contributed by atoms with Gasteiger partial charge in [0.2, 0.25) is 0 Å². The fourth-order valence-corrected chi connectivity index (χ4v) is 3.32. The molecule has 1 aromatic carbocycles. The summed E-state index contributed by atoms with van der Waals surface area (Å²) in [4.78, 5) is 16.1. The van der Waals surface area contributed by atoms with Crippen LogP contribution in [0.3, 0.4) is 0 Å². The maximum Gasteiger partial charge on any atom is 0.335 e. The van der Waals surface area contributed by atoms with Crippen molar-refractivity contribution in [3.05, 3.63) is 29.8 Å². The second-order valence-electron chi connectivity index (χ2n) is 5.03. The fraction of sp³-hybridized carbons (Fsp3) is 0.500. The Bertz CT molecular complexity index is 499. The topological polar surface area (TPSA) is 60.9 Å². The van der Waals surface area contributed by atoms with Crippen molar-refractivity contribution >= 4 is 16.8 Å². The minimum Gasteiger partial charge on any atom is -0.478 e. The van der Waals surface area contributed by atoms with Crippen LogP contribution in [0.2, 0.25) is 0 Å². The Morgan fingerprint density at radius 3 is 2.65 bits per heavy atom. The maximum atomic E-state index is 12.2. The highest BCUT2D eigenvalue weighted by Gasteiger charge is 2.15. The molecule has 1 heterocycles. The van der Waals surface area contributed by atoms with E-state index in [1.54, 1.807) is 12.1 Å². The SMILES string of the molecule is CN1CCN(CCS(=O)c2cccc(C(=O)O)c2)CC1. The van der Waals surface area contributed by atoms with E-state index < -0.39 is 16.8 Å². The lowest BCUT2D eigenvalue weighted by atomic mass is 10.2. The van der Waals surface area contributed by atoms with Crippen LogP contribution in [0.5, 0.6) is 0 Å². The molecule has 0 aliphatic carbocycles. The third-order valence-corrected chi connectivity index (χ3v) is 4.87. The van der Waals surface area contributed by atoms with E-state index in [-0.39, 0.29) is 5.56 Å². The van der Waals surface area contributed by atoms with Gasteiger partial charge in [-0.25, -0.2) is 4.79 Å². The minimum atomic E-state index is -1.14. The molecule has 0 spiro atoms. The first-order valence-electron chi connectivity index (χ1n) is 6.69. The highest BCUT2D eigenvalue weighted by molar-refractivity contribution is 7.85. The number of nitrogens with zero attached hydrogens (tertiary/aromatic N) is 2. The zero-order valence-corrected chi connectivity index (χ0v) is 12.4. The molecule has 2 rings (SSSR count). The predicted molar refractivity (Wildman–Crippen MR) is 78.6 cm³/mol. The molecule has 1 N–H and O–H groups in total. The van der Waals surface area contributed by atoms with Crippen LogP contribution in [0, 0.1) is 0 Å². The molecular formula is C14H20N2O3S. The largest absolute Gasteiger partial charge is 0.478 e. The van der Waals surface area contributed by atoms with Crippen LogP contribution >= 0.6 is 0 Å². The normalized spacial score (nSPS) is 18.9. The molecule has 0 bridgehead atoms. The average molecular weight is 296 g/mol. The van der Waals surface area contributed by atoms with Crippen molar-refractivity contribution in [2.45, 2.75) is 4.90 Å². The Labute approximate surface area is 121 Å². The number of hydrogen-bond acceptors (Lipinski definition) is 4. The van der Waals surface area contributed by atoms with Gasteiger partial charge in [0.1, 0.15) is 0 Å². The summed E-state index contributed by atoms with van der Waals surface area (Å²) < 4.78 is 12.2. The number of aromatic carboxylic acids is 1. The van der Waals surface area contributed by atoms with Gasteiger partial charge in [0, 0.05) is 43.4 Å². The van der Waals surface area contributed by atoms with Crippen LogP contribution in [0.15, 0.2) is 29.2 Å². The number of carboxylic acid groups (broad SMARTS) is 1. The second-order valence-corrected chi connectivity index (χ2v) is 6.60. The average Bonchev–Trinajstić information content (AvgIpc) is 2.46. The van der Waals surface area contributed by atoms with Gasteiger partial charge in [-0.2, -0.15) is 0 Å². The number of carbonyl (C=O) groups is 1. The highest BCUT2D eigenvalue weighted by atomic mass is 32.2. The molecule has 110 valence electrons. The zero-order chi connectivity index (χ0) is 14.5. The van der Waals surface area contributed by atoms with Crippen molar-refractivity contribution in [2.75, 3.05) is 45.5 Å². The van der Waals surface area contributed by atoms with E-state index in [9.17, 15) is 9.00 Å². The maximum absolute atomic E-state index is 12.2. The molecule has 1 fully saturated rings. The number of likely N-dealkylation sites (N-methyl/N-ethyl adjacent to an activating group) is 1. The molecule has 1 unspecified atom stereocenters. The van der Waals surface area contributed by atoms with Gasteiger partial charge in [0.05, 0.1) is 16.4 Å². The van der Waals surface area contributed by atoms with Crippen molar-refractivity contribution in [3.8, 4) is 0 Å². The summed E-state index contributed by atoms with van der Waals surface area (Å²) in [5.74, 6) is -0.435. The van der Waals surface area contributed by atoms with Crippen molar-refractivity contribution < 1.29 is 14.1 Å². The monoisotopic (exact) mass is 296 g/mol. The lowest BCUT2D eigenvalue weighted by molar-refractivity contribution is 0.0696. The summed E-state index contributed by atoms with van der Waals surface area (Å²) in [5.41, 5.74) is 0.190.